The number of amides is 4. The molecule has 5 rings (SSSR count). The van der Waals surface area contributed by atoms with Crippen LogP contribution in [0.3, 0.4) is 0 Å². The molecule has 0 unspecified atom stereocenters. The van der Waals surface area contributed by atoms with Crippen molar-refractivity contribution in [3.63, 3.8) is 0 Å². The van der Waals surface area contributed by atoms with Crippen molar-refractivity contribution in [2.75, 3.05) is 11.5 Å². The van der Waals surface area contributed by atoms with E-state index >= 15 is 0 Å². The topological polar surface area (TPSA) is 84.9 Å². The Hall–Kier alpha value is -4.43. The summed E-state index contributed by atoms with van der Waals surface area (Å²) in [6.07, 6.45) is 1.44. The number of benzene rings is 4. The van der Waals surface area contributed by atoms with Gasteiger partial charge in [0.1, 0.15) is 12.2 Å². The number of halogens is 1. The molecule has 1 fully saturated rings. The molecule has 4 aromatic rings. The number of fused-ring (bicyclic) bond motifs is 1. The van der Waals surface area contributed by atoms with Crippen molar-refractivity contribution in [2.24, 2.45) is 0 Å². The molecule has 0 saturated carbocycles. The van der Waals surface area contributed by atoms with Gasteiger partial charge in [0.2, 0.25) is 0 Å². The van der Waals surface area contributed by atoms with Gasteiger partial charge < -0.3 is 9.47 Å². The molecular weight excluding hydrogens is 548 g/mol. The van der Waals surface area contributed by atoms with Crippen molar-refractivity contribution in [2.45, 2.75) is 13.5 Å². The average Bonchev–Trinajstić information content (AvgIpc) is 2.91. The highest BCUT2D eigenvalue weighted by Gasteiger charge is 2.36. The fraction of sp³-hybridized carbons (Fsp3) is 0.100. The van der Waals surface area contributed by atoms with Crippen LogP contribution in [0.2, 0.25) is 0 Å². The molecule has 0 bridgehead atoms. The Morgan fingerprint density at radius 2 is 1.63 bits per heavy atom. The zero-order valence-electron chi connectivity index (χ0n) is 20.4. The average molecular weight is 571 g/mol. The molecule has 0 spiro atoms. The third-order valence-electron chi connectivity index (χ3n) is 6.03. The molecule has 0 aliphatic carbocycles. The van der Waals surface area contributed by atoms with Gasteiger partial charge in [0.15, 0.2) is 11.5 Å². The fourth-order valence-electron chi connectivity index (χ4n) is 4.22. The van der Waals surface area contributed by atoms with Gasteiger partial charge >= 0.3 is 6.03 Å². The summed E-state index contributed by atoms with van der Waals surface area (Å²) < 4.78 is 12.7. The van der Waals surface area contributed by atoms with Crippen LogP contribution in [0.1, 0.15) is 18.1 Å². The summed E-state index contributed by atoms with van der Waals surface area (Å²) in [5, 5.41) is 4.48. The monoisotopic (exact) mass is 570 g/mol. The van der Waals surface area contributed by atoms with E-state index in [1.54, 1.807) is 42.5 Å². The Kier molecular flexibility index (Phi) is 7.24. The Morgan fingerprint density at radius 3 is 2.42 bits per heavy atom. The lowest BCUT2D eigenvalue weighted by atomic mass is 10.1. The predicted octanol–water partition coefficient (Wildman–Crippen LogP) is 6.25. The van der Waals surface area contributed by atoms with Crippen LogP contribution in [0.4, 0.5) is 10.5 Å². The first-order valence-corrected chi connectivity index (χ1v) is 12.8. The van der Waals surface area contributed by atoms with Crippen molar-refractivity contribution in [1.82, 2.24) is 5.32 Å². The van der Waals surface area contributed by atoms with Gasteiger partial charge in [0.25, 0.3) is 11.8 Å². The van der Waals surface area contributed by atoms with E-state index in [4.69, 9.17) is 9.47 Å². The van der Waals surface area contributed by atoms with Gasteiger partial charge in [0.05, 0.1) is 12.3 Å². The van der Waals surface area contributed by atoms with E-state index in [-0.39, 0.29) is 5.57 Å². The number of hydrogen-bond donors (Lipinski definition) is 1. The summed E-state index contributed by atoms with van der Waals surface area (Å²) in [6, 6.07) is 25.2. The third-order valence-corrected chi connectivity index (χ3v) is 6.56. The molecule has 1 heterocycles. The number of carbonyl (C=O) groups is 3. The lowest BCUT2D eigenvalue weighted by molar-refractivity contribution is -0.122. The zero-order valence-corrected chi connectivity index (χ0v) is 22.0. The molecule has 8 heteroatoms. The Bertz CT molecular complexity index is 1570. The van der Waals surface area contributed by atoms with E-state index in [2.05, 4.69) is 39.4 Å². The van der Waals surface area contributed by atoms with Crippen molar-refractivity contribution in [3.8, 4) is 11.5 Å². The minimum absolute atomic E-state index is 0.167. The number of carbonyl (C=O) groups excluding carboxylic acids is 3. The Balaban J connectivity index is 1.42. The van der Waals surface area contributed by atoms with Crippen molar-refractivity contribution >= 4 is 56.3 Å². The number of barbiturate groups is 1. The molecule has 0 radical (unpaired) electrons. The summed E-state index contributed by atoms with van der Waals surface area (Å²) >= 11 is 3.33. The number of anilines is 1. The molecule has 190 valence electrons. The Morgan fingerprint density at radius 1 is 0.868 bits per heavy atom. The van der Waals surface area contributed by atoms with Crippen LogP contribution in [0.25, 0.3) is 16.8 Å². The minimum atomic E-state index is -0.799. The number of nitrogens with zero attached hydrogens (tertiary/aromatic N) is 1. The van der Waals surface area contributed by atoms with Crippen molar-refractivity contribution in [1.29, 1.82) is 0 Å². The van der Waals surface area contributed by atoms with Crippen LogP contribution >= 0.6 is 15.9 Å². The summed E-state index contributed by atoms with van der Waals surface area (Å²) in [5.74, 6) is -0.461. The summed E-state index contributed by atoms with van der Waals surface area (Å²) in [7, 11) is 0. The minimum Gasteiger partial charge on any atom is -0.490 e. The molecule has 1 aliphatic heterocycles. The summed E-state index contributed by atoms with van der Waals surface area (Å²) in [4.78, 5) is 39.2. The van der Waals surface area contributed by atoms with Gasteiger partial charge in [-0.25, -0.2) is 9.69 Å². The molecule has 38 heavy (non-hydrogen) atoms. The van der Waals surface area contributed by atoms with E-state index in [1.807, 2.05) is 31.2 Å². The molecule has 1 saturated heterocycles. The van der Waals surface area contributed by atoms with Gasteiger partial charge in [-0.05, 0) is 71.3 Å². The van der Waals surface area contributed by atoms with Crippen molar-refractivity contribution in [3.05, 3.63) is 106 Å². The van der Waals surface area contributed by atoms with Gasteiger partial charge in [-0.15, -0.1) is 0 Å². The van der Waals surface area contributed by atoms with Gasteiger partial charge in [-0.2, -0.15) is 0 Å². The molecule has 7 nitrogen and oxygen atoms in total. The van der Waals surface area contributed by atoms with E-state index in [0.717, 1.165) is 25.7 Å². The van der Waals surface area contributed by atoms with E-state index in [9.17, 15) is 14.4 Å². The molecule has 0 atom stereocenters. The maximum Gasteiger partial charge on any atom is 0.335 e. The highest BCUT2D eigenvalue weighted by molar-refractivity contribution is 9.10. The van der Waals surface area contributed by atoms with Crippen LogP contribution in [0, 0.1) is 0 Å². The Labute approximate surface area is 227 Å². The first-order valence-electron chi connectivity index (χ1n) is 12.0. The first-order chi connectivity index (χ1) is 18.4. The zero-order chi connectivity index (χ0) is 26.6. The summed E-state index contributed by atoms with van der Waals surface area (Å²) in [5.41, 5.74) is 1.77. The second-order valence-corrected chi connectivity index (χ2v) is 9.42. The number of ether oxygens (including phenoxy) is 2. The number of hydrogen-bond acceptors (Lipinski definition) is 5. The number of urea groups is 1. The highest BCUT2D eigenvalue weighted by atomic mass is 79.9. The van der Waals surface area contributed by atoms with Crippen LogP contribution < -0.4 is 19.7 Å². The lowest BCUT2D eigenvalue weighted by Gasteiger charge is -2.26. The van der Waals surface area contributed by atoms with Gasteiger partial charge in [-0.3, -0.25) is 14.9 Å². The van der Waals surface area contributed by atoms with Crippen LogP contribution in [-0.2, 0) is 16.2 Å². The predicted molar refractivity (Wildman–Crippen MR) is 149 cm³/mol. The molecular formula is C30H23BrN2O5. The van der Waals surface area contributed by atoms with Crippen LogP contribution in [0.15, 0.2) is 95.0 Å². The smallest absolute Gasteiger partial charge is 0.335 e. The van der Waals surface area contributed by atoms with E-state index < -0.39 is 17.8 Å². The fourth-order valence-corrected chi connectivity index (χ4v) is 4.49. The lowest BCUT2D eigenvalue weighted by Crippen LogP contribution is -2.54. The quantitative estimate of drug-likeness (QED) is 0.210. The highest BCUT2D eigenvalue weighted by Crippen LogP contribution is 2.32. The summed E-state index contributed by atoms with van der Waals surface area (Å²) in [6.45, 7) is 2.60. The first kappa shape index (κ1) is 25.2. The largest absolute Gasteiger partial charge is 0.490 e. The van der Waals surface area contributed by atoms with Gasteiger partial charge in [-0.1, -0.05) is 64.5 Å². The molecule has 4 amide bonds. The van der Waals surface area contributed by atoms with E-state index in [1.165, 1.54) is 6.08 Å². The van der Waals surface area contributed by atoms with Crippen LogP contribution in [-0.4, -0.2) is 24.5 Å². The second-order valence-electron chi connectivity index (χ2n) is 8.50. The molecule has 1 aliphatic rings. The molecule has 4 aromatic carbocycles. The number of rotatable bonds is 7. The van der Waals surface area contributed by atoms with Crippen molar-refractivity contribution < 1.29 is 23.9 Å². The number of imide groups is 2. The normalized spacial score (nSPS) is 14.6. The van der Waals surface area contributed by atoms with Gasteiger partial charge in [0, 0.05) is 4.47 Å². The second kappa shape index (κ2) is 10.9. The maximum atomic E-state index is 13.2. The molecule has 0 aromatic heterocycles. The maximum absolute atomic E-state index is 13.2. The third kappa shape index (κ3) is 5.17. The SMILES string of the molecule is CCOc1cc(/C=C2/C(=O)NC(=O)N(c3ccc(Br)cc3)C2=O)ccc1OCc1cccc2ccccc12. The molecule has 1 N–H and O–H groups in total. The standard InChI is InChI=1S/C30H23BrN2O5/c1-2-37-27-17-19(10-15-26(27)38-18-21-8-5-7-20-6-3-4-9-24(20)21)16-25-28(34)32-30(36)33(29(25)35)23-13-11-22(31)12-14-23/h3-17H,2,18H2,1H3,(H,32,34,36)/b25-16-. The van der Waals surface area contributed by atoms with E-state index in [0.29, 0.717) is 36.0 Å². The van der Waals surface area contributed by atoms with Crippen LogP contribution in [0.5, 0.6) is 11.5 Å². The number of nitrogens with one attached hydrogen (secondary N) is 1.